The van der Waals surface area contributed by atoms with Crippen LogP contribution >= 0.6 is 0 Å². The number of carbonyl (C=O) groups is 1. The number of hydrogen-bond acceptors (Lipinski definition) is 2. The molecular weight excluding hydrogens is 154 g/mol. The molecule has 1 aliphatic rings. The fourth-order valence-electron chi connectivity index (χ4n) is 1.66. The molecule has 0 unspecified atom stereocenters. The Kier molecular flexibility index (Phi) is 3.09. The van der Waals surface area contributed by atoms with E-state index in [0.29, 0.717) is 18.5 Å². The van der Waals surface area contributed by atoms with Crippen LogP contribution in [0.2, 0.25) is 0 Å². The monoisotopic (exact) mass is 171 g/mol. The average Bonchev–Trinajstić information content (AvgIpc) is 2.04. The van der Waals surface area contributed by atoms with Crippen molar-refractivity contribution in [3.63, 3.8) is 0 Å². The van der Waals surface area contributed by atoms with Gasteiger partial charge in [-0.05, 0) is 18.8 Å². The predicted molar refractivity (Wildman–Crippen MR) is 47.0 cm³/mol. The van der Waals surface area contributed by atoms with Crippen molar-refractivity contribution in [1.82, 2.24) is 5.32 Å². The van der Waals surface area contributed by atoms with Gasteiger partial charge in [0.1, 0.15) is 0 Å². The number of piperidine rings is 1. The Balaban J connectivity index is 2.34. The van der Waals surface area contributed by atoms with Crippen LogP contribution in [0, 0.1) is 11.8 Å². The van der Waals surface area contributed by atoms with Gasteiger partial charge in [0.15, 0.2) is 0 Å². The van der Waals surface area contributed by atoms with Crippen LogP contribution in [0.15, 0.2) is 0 Å². The van der Waals surface area contributed by atoms with Gasteiger partial charge in [-0.25, -0.2) is 0 Å². The molecule has 1 aliphatic heterocycles. The largest absolute Gasteiger partial charge is 0.481 e. The van der Waals surface area contributed by atoms with Gasteiger partial charge in [0.25, 0.3) is 0 Å². The second kappa shape index (κ2) is 3.90. The van der Waals surface area contributed by atoms with E-state index in [2.05, 4.69) is 19.2 Å². The van der Waals surface area contributed by atoms with Crippen molar-refractivity contribution < 1.29 is 9.90 Å². The summed E-state index contributed by atoms with van der Waals surface area (Å²) < 4.78 is 0. The zero-order valence-corrected chi connectivity index (χ0v) is 7.71. The SMILES string of the molecule is CC(C)[C@H]1CC[C@H](C(=O)O)CN1. The molecule has 70 valence electrons. The molecule has 0 saturated carbocycles. The molecule has 3 nitrogen and oxygen atoms in total. The van der Waals surface area contributed by atoms with Gasteiger partial charge in [-0.2, -0.15) is 0 Å². The second-order valence-corrected chi connectivity index (χ2v) is 3.87. The molecule has 0 spiro atoms. The minimum absolute atomic E-state index is 0.167. The van der Waals surface area contributed by atoms with E-state index in [-0.39, 0.29) is 5.92 Å². The van der Waals surface area contributed by atoms with Crippen LogP contribution in [-0.2, 0) is 4.79 Å². The number of hydrogen-bond donors (Lipinski definition) is 2. The summed E-state index contributed by atoms with van der Waals surface area (Å²) >= 11 is 0. The molecular formula is C9H17NO2. The lowest BCUT2D eigenvalue weighted by molar-refractivity contribution is -0.142. The summed E-state index contributed by atoms with van der Waals surface area (Å²) in [6, 6.07) is 0.514. The van der Waals surface area contributed by atoms with Gasteiger partial charge in [-0.3, -0.25) is 4.79 Å². The second-order valence-electron chi connectivity index (χ2n) is 3.87. The van der Waals surface area contributed by atoms with E-state index in [1.807, 2.05) is 0 Å². The molecule has 0 radical (unpaired) electrons. The molecule has 12 heavy (non-hydrogen) atoms. The Hall–Kier alpha value is -0.570. The third-order valence-corrected chi connectivity index (χ3v) is 2.61. The zero-order valence-electron chi connectivity index (χ0n) is 7.71. The Labute approximate surface area is 73.2 Å². The van der Waals surface area contributed by atoms with E-state index in [9.17, 15) is 4.79 Å². The summed E-state index contributed by atoms with van der Waals surface area (Å²) in [5.41, 5.74) is 0. The molecule has 0 amide bonds. The number of rotatable bonds is 2. The first-order valence-electron chi connectivity index (χ1n) is 4.57. The topological polar surface area (TPSA) is 49.3 Å². The number of carboxylic acids is 1. The zero-order chi connectivity index (χ0) is 9.14. The summed E-state index contributed by atoms with van der Waals surface area (Å²) in [5.74, 6) is -0.218. The van der Waals surface area contributed by atoms with E-state index in [0.717, 1.165) is 12.8 Å². The van der Waals surface area contributed by atoms with Crippen molar-refractivity contribution in [2.75, 3.05) is 6.54 Å². The van der Waals surface area contributed by atoms with Crippen LogP contribution in [0.5, 0.6) is 0 Å². The first-order chi connectivity index (χ1) is 5.61. The first-order valence-corrected chi connectivity index (χ1v) is 4.57. The molecule has 0 aromatic carbocycles. The molecule has 1 rings (SSSR count). The summed E-state index contributed by atoms with van der Waals surface area (Å²) in [7, 11) is 0. The van der Waals surface area contributed by atoms with Crippen LogP contribution in [0.25, 0.3) is 0 Å². The standard InChI is InChI=1S/C9H17NO2/c1-6(2)8-4-3-7(5-10-8)9(11)12/h6-8,10H,3-5H2,1-2H3,(H,11,12)/t7-,8+/m0/s1. The number of carboxylic acid groups (broad SMARTS) is 1. The van der Waals surface area contributed by atoms with Gasteiger partial charge in [0, 0.05) is 12.6 Å². The van der Waals surface area contributed by atoms with Crippen molar-refractivity contribution >= 4 is 5.97 Å². The Morgan fingerprint density at radius 3 is 2.50 bits per heavy atom. The average molecular weight is 171 g/mol. The maximum absolute atomic E-state index is 10.6. The van der Waals surface area contributed by atoms with E-state index < -0.39 is 5.97 Å². The minimum atomic E-state index is -0.662. The molecule has 1 fully saturated rings. The van der Waals surface area contributed by atoms with Gasteiger partial charge in [0.05, 0.1) is 5.92 Å². The molecule has 1 heterocycles. The highest BCUT2D eigenvalue weighted by Gasteiger charge is 2.26. The smallest absolute Gasteiger partial charge is 0.307 e. The van der Waals surface area contributed by atoms with Crippen LogP contribution in [0.1, 0.15) is 26.7 Å². The highest BCUT2D eigenvalue weighted by molar-refractivity contribution is 5.70. The van der Waals surface area contributed by atoms with Crippen molar-refractivity contribution in [2.45, 2.75) is 32.7 Å². The highest BCUT2D eigenvalue weighted by Crippen LogP contribution is 2.18. The fraction of sp³-hybridized carbons (Fsp3) is 0.889. The van der Waals surface area contributed by atoms with Gasteiger partial charge in [-0.1, -0.05) is 13.8 Å². The van der Waals surface area contributed by atoms with Gasteiger partial charge < -0.3 is 10.4 Å². The third-order valence-electron chi connectivity index (χ3n) is 2.61. The predicted octanol–water partition coefficient (Wildman–Crippen LogP) is 1.10. The summed E-state index contributed by atoms with van der Waals surface area (Å²) in [6.07, 6.45) is 1.82. The lowest BCUT2D eigenvalue weighted by Crippen LogP contribution is -2.44. The van der Waals surface area contributed by atoms with Crippen LogP contribution in [-0.4, -0.2) is 23.7 Å². The van der Waals surface area contributed by atoms with Crippen LogP contribution < -0.4 is 5.32 Å². The Morgan fingerprint density at radius 1 is 1.50 bits per heavy atom. The minimum Gasteiger partial charge on any atom is -0.481 e. The maximum Gasteiger partial charge on any atom is 0.307 e. The van der Waals surface area contributed by atoms with Gasteiger partial charge in [-0.15, -0.1) is 0 Å². The molecule has 0 aliphatic carbocycles. The lowest BCUT2D eigenvalue weighted by Gasteiger charge is -2.30. The maximum atomic E-state index is 10.6. The fourth-order valence-corrected chi connectivity index (χ4v) is 1.66. The quantitative estimate of drug-likeness (QED) is 0.654. The number of nitrogens with one attached hydrogen (secondary N) is 1. The molecule has 2 atom stereocenters. The Morgan fingerprint density at radius 2 is 2.17 bits per heavy atom. The van der Waals surface area contributed by atoms with Gasteiger partial charge in [0.2, 0.25) is 0 Å². The van der Waals surface area contributed by atoms with Crippen molar-refractivity contribution in [3.8, 4) is 0 Å². The summed E-state index contributed by atoms with van der Waals surface area (Å²) in [5, 5.41) is 12.0. The van der Waals surface area contributed by atoms with Gasteiger partial charge >= 0.3 is 5.97 Å². The summed E-state index contributed by atoms with van der Waals surface area (Å²) in [6.45, 7) is 4.97. The van der Waals surface area contributed by atoms with Crippen molar-refractivity contribution in [1.29, 1.82) is 0 Å². The van der Waals surface area contributed by atoms with E-state index >= 15 is 0 Å². The normalized spacial score (nSPS) is 30.6. The van der Waals surface area contributed by atoms with Crippen LogP contribution in [0.4, 0.5) is 0 Å². The molecule has 0 bridgehead atoms. The number of aliphatic carboxylic acids is 1. The lowest BCUT2D eigenvalue weighted by atomic mass is 9.89. The first kappa shape index (κ1) is 9.52. The Bertz CT molecular complexity index is 160. The van der Waals surface area contributed by atoms with E-state index in [1.165, 1.54) is 0 Å². The summed E-state index contributed by atoms with van der Waals surface area (Å²) in [4.78, 5) is 10.6. The molecule has 0 aromatic rings. The molecule has 0 aromatic heterocycles. The van der Waals surface area contributed by atoms with E-state index in [4.69, 9.17) is 5.11 Å². The highest BCUT2D eigenvalue weighted by atomic mass is 16.4. The molecule has 1 saturated heterocycles. The third kappa shape index (κ3) is 2.21. The van der Waals surface area contributed by atoms with Crippen LogP contribution in [0.3, 0.4) is 0 Å². The van der Waals surface area contributed by atoms with Crippen molar-refractivity contribution in [2.24, 2.45) is 11.8 Å². The molecule has 3 heteroatoms. The molecule has 2 N–H and O–H groups in total. The van der Waals surface area contributed by atoms with E-state index in [1.54, 1.807) is 0 Å². The van der Waals surface area contributed by atoms with Crippen molar-refractivity contribution in [3.05, 3.63) is 0 Å².